The number of oxime groups is 1. The van der Waals surface area contributed by atoms with Crippen molar-refractivity contribution >= 4 is 12.2 Å². The number of nitrogens with zero attached hydrogens (tertiary/aromatic N) is 2. The van der Waals surface area contributed by atoms with Crippen LogP contribution in [0.15, 0.2) is 47.8 Å². The van der Waals surface area contributed by atoms with Gasteiger partial charge in [0, 0.05) is 11.9 Å². The van der Waals surface area contributed by atoms with Gasteiger partial charge in [0.2, 0.25) is 0 Å². The van der Waals surface area contributed by atoms with Crippen LogP contribution in [0.2, 0.25) is 0 Å². The van der Waals surface area contributed by atoms with Crippen LogP contribution < -0.4 is 0 Å². The van der Waals surface area contributed by atoms with Gasteiger partial charge in [-0.05, 0) is 30.3 Å². The summed E-state index contributed by atoms with van der Waals surface area (Å²) in [6, 6.07) is 10.1. The third-order valence-electron chi connectivity index (χ3n) is 2.34. The Morgan fingerprint density at radius 3 is 2.82 bits per heavy atom. The lowest BCUT2D eigenvalue weighted by Gasteiger charge is -2.06. The summed E-state index contributed by atoms with van der Waals surface area (Å²) in [6.07, 6.45) is 3.05. The minimum absolute atomic E-state index is 0.211. The fraction of sp³-hybridized carbons (Fsp3) is 0. The van der Waals surface area contributed by atoms with E-state index in [0.29, 0.717) is 11.4 Å². The van der Waals surface area contributed by atoms with Crippen molar-refractivity contribution in [2.75, 3.05) is 0 Å². The molecule has 17 heavy (non-hydrogen) atoms. The Hall–Kier alpha value is -2.56. The Kier molecular flexibility index (Phi) is 2.91. The van der Waals surface area contributed by atoms with Gasteiger partial charge in [-0.2, -0.15) is 0 Å². The predicted octanol–water partition coefficient (Wildman–Crippen LogP) is 1.98. The van der Waals surface area contributed by atoms with Crippen molar-refractivity contribution in [3.8, 4) is 5.69 Å². The molecule has 0 unspecified atom stereocenters. The maximum Gasteiger partial charge on any atom is 0.335 e. The van der Waals surface area contributed by atoms with Crippen LogP contribution in [0.3, 0.4) is 0 Å². The number of carbonyl (C=O) groups is 1. The maximum atomic E-state index is 10.9. The second-order valence-corrected chi connectivity index (χ2v) is 3.40. The molecule has 0 aliphatic rings. The molecule has 5 heteroatoms. The molecule has 0 radical (unpaired) electrons. The molecule has 5 nitrogen and oxygen atoms in total. The van der Waals surface area contributed by atoms with Crippen molar-refractivity contribution in [1.82, 2.24) is 4.57 Å². The molecular weight excluding hydrogens is 220 g/mol. The summed E-state index contributed by atoms with van der Waals surface area (Å²) in [6.45, 7) is 0. The number of aromatic nitrogens is 1. The molecule has 1 heterocycles. The lowest BCUT2D eigenvalue weighted by Crippen LogP contribution is -2.01. The second-order valence-electron chi connectivity index (χ2n) is 3.40. The first-order valence-electron chi connectivity index (χ1n) is 4.91. The van der Waals surface area contributed by atoms with Gasteiger partial charge in [-0.3, -0.25) is 0 Å². The van der Waals surface area contributed by atoms with E-state index in [2.05, 4.69) is 5.16 Å². The first-order chi connectivity index (χ1) is 8.22. The minimum Gasteiger partial charge on any atom is -0.478 e. The predicted molar refractivity (Wildman–Crippen MR) is 62.1 cm³/mol. The molecule has 0 aliphatic heterocycles. The first kappa shape index (κ1) is 10.9. The van der Waals surface area contributed by atoms with Gasteiger partial charge in [-0.25, -0.2) is 4.79 Å². The molecule has 0 atom stereocenters. The van der Waals surface area contributed by atoms with E-state index in [1.165, 1.54) is 12.3 Å². The number of hydrogen-bond donors (Lipinski definition) is 2. The highest BCUT2D eigenvalue weighted by Gasteiger charge is 2.06. The molecular formula is C12H10N2O3. The van der Waals surface area contributed by atoms with Gasteiger partial charge in [0.1, 0.15) is 0 Å². The zero-order valence-corrected chi connectivity index (χ0v) is 8.82. The van der Waals surface area contributed by atoms with Gasteiger partial charge < -0.3 is 14.9 Å². The number of rotatable bonds is 3. The van der Waals surface area contributed by atoms with Crippen LogP contribution in [0.1, 0.15) is 16.1 Å². The number of benzene rings is 1. The van der Waals surface area contributed by atoms with Crippen molar-refractivity contribution in [3.63, 3.8) is 0 Å². The fourth-order valence-electron chi connectivity index (χ4n) is 1.58. The number of hydrogen-bond acceptors (Lipinski definition) is 3. The van der Waals surface area contributed by atoms with Gasteiger partial charge >= 0.3 is 5.97 Å². The summed E-state index contributed by atoms with van der Waals surface area (Å²) in [5.41, 5.74) is 1.57. The Labute approximate surface area is 97.2 Å². The fourth-order valence-corrected chi connectivity index (χ4v) is 1.58. The quantitative estimate of drug-likeness (QED) is 0.481. The third-order valence-corrected chi connectivity index (χ3v) is 2.34. The molecule has 0 saturated heterocycles. The van der Waals surface area contributed by atoms with E-state index in [1.807, 2.05) is 0 Å². The Balaban J connectivity index is 2.49. The number of carboxylic acid groups (broad SMARTS) is 1. The molecule has 0 aliphatic carbocycles. The Bertz CT molecular complexity index is 573. The standard InChI is InChI=1S/C12H10N2O3/c15-12(16)9-3-1-4-10(7-9)14-6-2-5-11(14)8-13-17/h1-8,17H,(H,15,16)/b13-8+. The van der Waals surface area contributed by atoms with Gasteiger partial charge in [-0.15, -0.1) is 0 Å². The molecule has 0 amide bonds. The van der Waals surface area contributed by atoms with Crippen LogP contribution in [0, 0.1) is 0 Å². The maximum absolute atomic E-state index is 10.9. The average Bonchev–Trinajstić information content (AvgIpc) is 2.78. The van der Waals surface area contributed by atoms with Crippen LogP contribution in [0.5, 0.6) is 0 Å². The van der Waals surface area contributed by atoms with Gasteiger partial charge in [0.05, 0.1) is 17.5 Å². The summed E-state index contributed by atoms with van der Waals surface area (Å²) in [5, 5.41) is 20.4. The van der Waals surface area contributed by atoms with Crippen LogP contribution in [-0.2, 0) is 0 Å². The summed E-state index contributed by atoms with van der Waals surface area (Å²) in [4.78, 5) is 10.9. The lowest BCUT2D eigenvalue weighted by molar-refractivity contribution is 0.0697. The van der Waals surface area contributed by atoms with E-state index in [1.54, 1.807) is 41.1 Å². The van der Waals surface area contributed by atoms with Crippen LogP contribution in [-0.4, -0.2) is 27.1 Å². The molecule has 86 valence electrons. The first-order valence-corrected chi connectivity index (χ1v) is 4.91. The van der Waals surface area contributed by atoms with Crippen molar-refractivity contribution in [2.24, 2.45) is 5.16 Å². The second kappa shape index (κ2) is 4.52. The van der Waals surface area contributed by atoms with Gasteiger partial charge in [0.15, 0.2) is 0 Å². The van der Waals surface area contributed by atoms with Gasteiger partial charge in [0.25, 0.3) is 0 Å². The third kappa shape index (κ3) is 2.17. The molecule has 0 spiro atoms. The Morgan fingerprint density at radius 1 is 1.29 bits per heavy atom. The lowest BCUT2D eigenvalue weighted by atomic mass is 10.2. The topological polar surface area (TPSA) is 74.8 Å². The summed E-state index contributed by atoms with van der Waals surface area (Å²) < 4.78 is 1.73. The zero-order chi connectivity index (χ0) is 12.3. The van der Waals surface area contributed by atoms with E-state index in [4.69, 9.17) is 10.3 Å². The normalized spacial score (nSPS) is 10.8. The van der Waals surface area contributed by atoms with Crippen molar-refractivity contribution in [2.45, 2.75) is 0 Å². The van der Waals surface area contributed by atoms with E-state index in [9.17, 15) is 4.79 Å². The molecule has 2 rings (SSSR count). The van der Waals surface area contributed by atoms with Crippen molar-refractivity contribution in [3.05, 3.63) is 53.9 Å². The molecule has 1 aromatic heterocycles. The van der Waals surface area contributed by atoms with E-state index in [0.717, 1.165) is 0 Å². The SMILES string of the molecule is O=C(O)c1cccc(-n2cccc2/C=N/O)c1. The highest BCUT2D eigenvalue weighted by molar-refractivity contribution is 5.88. The zero-order valence-electron chi connectivity index (χ0n) is 8.82. The largest absolute Gasteiger partial charge is 0.478 e. The smallest absolute Gasteiger partial charge is 0.335 e. The molecule has 2 N–H and O–H groups in total. The van der Waals surface area contributed by atoms with Gasteiger partial charge in [-0.1, -0.05) is 11.2 Å². The highest BCUT2D eigenvalue weighted by atomic mass is 16.4. The summed E-state index contributed by atoms with van der Waals surface area (Å²) >= 11 is 0. The van der Waals surface area contributed by atoms with Crippen molar-refractivity contribution < 1.29 is 15.1 Å². The number of carboxylic acids is 1. The van der Waals surface area contributed by atoms with E-state index in [-0.39, 0.29) is 5.56 Å². The van der Waals surface area contributed by atoms with E-state index >= 15 is 0 Å². The summed E-state index contributed by atoms with van der Waals surface area (Å²) in [7, 11) is 0. The molecule has 0 bridgehead atoms. The van der Waals surface area contributed by atoms with Crippen LogP contribution in [0.25, 0.3) is 5.69 Å². The number of aromatic carboxylic acids is 1. The Morgan fingerprint density at radius 2 is 2.12 bits per heavy atom. The molecule has 0 saturated carbocycles. The molecule has 0 fully saturated rings. The molecule has 2 aromatic rings. The average molecular weight is 230 g/mol. The van der Waals surface area contributed by atoms with Crippen LogP contribution >= 0.6 is 0 Å². The highest BCUT2D eigenvalue weighted by Crippen LogP contribution is 2.13. The molecule has 1 aromatic carbocycles. The monoisotopic (exact) mass is 230 g/mol. The summed E-state index contributed by atoms with van der Waals surface area (Å²) in [5.74, 6) is -0.976. The van der Waals surface area contributed by atoms with E-state index < -0.39 is 5.97 Å². The van der Waals surface area contributed by atoms with Crippen LogP contribution in [0.4, 0.5) is 0 Å². The van der Waals surface area contributed by atoms with Crippen molar-refractivity contribution in [1.29, 1.82) is 0 Å². The minimum atomic E-state index is -0.976.